The van der Waals surface area contributed by atoms with Crippen LogP contribution in [0, 0.1) is 18.7 Å². The van der Waals surface area contributed by atoms with Gasteiger partial charge in [0.2, 0.25) is 11.8 Å². The number of hydrogen-bond acceptors (Lipinski definition) is 8. The predicted octanol–water partition coefficient (Wildman–Crippen LogP) is 6.54. The standard InChI is InChI=1S/C31H31F4N7O2/c1-17-12-24(32)23(14-26(17)44-29-22(6-5-10-37-29)27-38-16-39-30(36-3)41-27)28(43)40-25-13-20(31(33,34)35)7-8-21(25)18(2)19-9-11-42(4)15-19/h5-8,10,12-14,16,18-19H,9,11,15H2,1-4H3,(H,40,43)(H,36,38,39,41)/t18?,19-/m1/s1. The van der Waals surface area contributed by atoms with E-state index >= 15 is 4.39 Å². The summed E-state index contributed by atoms with van der Waals surface area (Å²) in [6.45, 7) is 5.17. The molecule has 2 aromatic heterocycles. The third-order valence-electron chi connectivity index (χ3n) is 7.78. The molecule has 9 nitrogen and oxygen atoms in total. The van der Waals surface area contributed by atoms with Gasteiger partial charge in [-0.2, -0.15) is 18.2 Å². The first-order chi connectivity index (χ1) is 20.9. The quantitative estimate of drug-likeness (QED) is 0.217. The van der Waals surface area contributed by atoms with Crippen LogP contribution in [0.5, 0.6) is 11.6 Å². The number of aryl methyl sites for hydroxylation is 1. The first-order valence-electron chi connectivity index (χ1n) is 14.0. The average molecular weight is 610 g/mol. The van der Waals surface area contributed by atoms with Crippen LogP contribution in [0.3, 0.4) is 0 Å². The number of benzene rings is 2. The van der Waals surface area contributed by atoms with Crippen molar-refractivity contribution in [3.8, 4) is 23.0 Å². The normalized spacial score (nSPS) is 16.0. The van der Waals surface area contributed by atoms with Crippen molar-refractivity contribution >= 4 is 17.5 Å². The second-order valence-corrected chi connectivity index (χ2v) is 10.8. The lowest BCUT2D eigenvalue weighted by Crippen LogP contribution is -2.20. The van der Waals surface area contributed by atoms with E-state index in [1.165, 1.54) is 24.7 Å². The van der Waals surface area contributed by atoms with Gasteiger partial charge in [0.05, 0.1) is 16.7 Å². The van der Waals surface area contributed by atoms with E-state index < -0.39 is 29.0 Å². The Labute approximate surface area is 251 Å². The molecule has 0 spiro atoms. The van der Waals surface area contributed by atoms with E-state index in [9.17, 15) is 18.0 Å². The molecule has 0 bridgehead atoms. The lowest BCUT2D eigenvalue weighted by atomic mass is 9.85. The summed E-state index contributed by atoms with van der Waals surface area (Å²) in [5.41, 5.74) is -0.00810. The van der Waals surface area contributed by atoms with Crippen LogP contribution in [0.2, 0.25) is 0 Å². The third kappa shape index (κ3) is 6.62. The van der Waals surface area contributed by atoms with Gasteiger partial charge in [0.25, 0.3) is 5.91 Å². The molecule has 1 aliphatic rings. The van der Waals surface area contributed by atoms with Crippen LogP contribution in [0.4, 0.5) is 29.2 Å². The number of alkyl halides is 3. The van der Waals surface area contributed by atoms with Gasteiger partial charge in [-0.25, -0.2) is 19.3 Å². The number of nitrogens with zero attached hydrogens (tertiary/aromatic N) is 5. The highest BCUT2D eigenvalue weighted by atomic mass is 19.4. The van der Waals surface area contributed by atoms with Crippen LogP contribution >= 0.6 is 0 Å². The molecule has 44 heavy (non-hydrogen) atoms. The Balaban J connectivity index is 1.47. The smallest absolute Gasteiger partial charge is 0.416 e. The molecule has 0 aliphatic carbocycles. The molecule has 2 N–H and O–H groups in total. The Bertz CT molecular complexity index is 1680. The van der Waals surface area contributed by atoms with Crippen molar-refractivity contribution in [2.75, 3.05) is 37.8 Å². The summed E-state index contributed by atoms with van der Waals surface area (Å²) in [5.74, 6) is -0.937. The number of rotatable bonds is 8. The maximum absolute atomic E-state index is 15.2. The summed E-state index contributed by atoms with van der Waals surface area (Å²) in [7, 11) is 3.64. The summed E-state index contributed by atoms with van der Waals surface area (Å²) < 4.78 is 62.2. The number of amides is 1. The Morgan fingerprint density at radius 2 is 1.93 bits per heavy atom. The molecule has 1 saturated heterocycles. The minimum atomic E-state index is -4.63. The number of aromatic nitrogens is 4. The molecule has 1 unspecified atom stereocenters. The maximum Gasteiger partial charge on any atom is 0.416 e. The van der Waals surface area contributed by atoms with Crippen LogP contribution in [-0.2, 0) is 6.18 Å². The van der Waals surface area contributed by atoms with Gasteiger partial charge in [-0.1, -0.05) is 13.0 Å². The first-order valence-corrected chi connectivity index (χ1v) is 14.0. The van der Waals surface area contributed by atoms with Crippen LogP contribution in [0.15, 0.2) is 55.0 Å². The fraction of sp³-hybridized carbons (Fsp3) is 0.323. The number of ether oxygens (including phenoxy) is 1. The highest BCUT2D eigenvalue weighted by molar-refractivity contribution is 6.05. The van der Waals surface area contributed by atoms with Crippen molar-refractivity contribution in [1.82, 2.24) is 24.8 Å². The van der Waals surface area contributed by atoms with Crippen molar-refractivity contribution in [3.05, 3.63) is 83.1 Å². The van der Waals surface area contributed by atoms with Gasteiger partial charge in [-0.05, 0) is 86.3 Å². The number of likely N-dealkylation sites (tertiary alicyclic amines) is 1. The number of halogens is 4. The van der Waals surface area contributed by atoms with E-state index in [-0.39, 0.29) is 35.0 Å². The molecular weight excluding hydrogens is 578 g/mol. The minimum Gasteiger partial charge on any atom is -0.438 e. The number of hydrogen-bond donors (Lipinski definition) is 2. The van der Waals surface area contributed by atoms with Crippen molar-refractivity contribution < 1.29 is 27.1 Å². The molecule has 2 atom stereocenters. The summed E-state index contributed by atoms with van der Waals surface area (Å²) in [4.78, 5) is 32.4. The second-order valence-electron chi connectivity index (χ2n) is 10.8. The topological polar surface area (TPSA) is 105 Å². The van der Waals surface area contributed by atoms with E-state index in [4.69, 9.17) is 4.74 Å². The van der Waals surface area contributed by atoms with E-state index in [1.807, 2.05) is 14.0 Å². The zero-order chi connectivity index (χ0) is 31.6. The van der Waals surface area contributed by atoms with Crippen molar-refractivity contribution in [1.29, 1.82) is 0 Å². The Morgan fingerprint density at radius 3 is 2.64 bits per heavy atom. The molecule has 5 rings (SSSR count). The van der Waals surface area contributed by atoms with Gasteiger partial charge in [0, 0.05) is 25.5 Å². The zero-order valence-corrected chi connectivity index (χ0v) is 24.5. The van der Waals surface area contributed by atoms with E-state index in [1.54, 1.807) is 26.1 Å². The van der Waals surface area contributed by atoms with Gasteiger partial charge in [0.1, 0.15) is 17.9 Å². The fourth-order valence-electron chi connectivity index (χ4n) is 5.29. The van der Waals surface area contributed by atoms with E-state index in [2.05, 4.69) is 35.5 Å². The fourth-order valence-corrected chi connectivity index (χ4v) is 5.29. The van der Waals surface area contributed by atoms with Crippen LogP contribution in [-0.4, -0.2) is 57.9 Å². The van der Waals surface area contributed by atoms with Crippen molar-refractivity contribution in [2.24, 2.45) is 5.92 Å². The van der Waals surface area contributed by atoms with Gasteiger partial charge in [-0.3, -0.25) is 4.79 Å². The molecule has 0 radical (unpaired) electrons. The molecule has 4 aromatic rings. The summed E-state index contributed by atoms with van der Waals surface area (Å²) in [6, 6.07) is 8.98. The Morgan fingerprint density at radius 1 is 1.14 bits per heavy atom. The summed E-state index contributed by atoms with van der Waals surface area (Å²) in [5, 5.41) is 5.39. The molecule has 0 saturated carbocycles. The maximum atomic E-state index is 15.2. The number of carbonyl (C=O) groups is 1. The number of carbonyl (C=O) groups excluding carboxylic acids is 1. The molecular formula is C31H31F4N7O2. The second kappa shape index (κ2) is 12.5. The van der Waals surface area contributed by atoms with Crippen molar-refractivity contribution in [2.45, 2.75) is 32.4 Å². The molecule has 2 aromatic carbocycles. The highest BCUT2D eigenvalue weighted by Crippen LogP contribution is 2.39. The SMILES string of the molecule is CNc1ncnc(-c2cccnc2Oc2cc(C(=O)Nc3cc(C(F)(F)F)ccc3C(C)[C@@H]3CCN(C)C3)c(F)cc2C)n1. The molecule has 230 valence electrons. The predicted molar refractivity (Wildman–Crippen MR) is 157 cm³/mol. The average Bonchev–Trinajstić information content (AvgIpc) is 3.44. The van der Waals surface area contributed by atoms with Crippen LogP contribution in [0.25, 0.3) is 11.4 Å². The molecule has 3 heterocycles. The van der Waals surface area contributed by atoms with Crippen molar-refractivity contribution in [3.63, 3.8) is 0 Å². The Kier molecular flexibility index (Phi) is 8.77. The highest BCUT2D eigenvalue weighted by Gasteiger charge is 2.33. The van der Waals surface area contributed by atoms with Gasteiger partial charge < -0.3 is 20.3 Å². The Hall–Kier alpha value is -4.65. The van der Waals surface area contributed by atoms with Gasteiger partial charge in [-0.15, -0.1) is 0 Å². The van der Waals surface area contributed by atoms with E-state index in [0.717, 1.165) is 37.7 Å². The third-order valence-corrected chi connectivity index (χ3v) is 7.78. The lowest BCUT2D eigenvalue weighted by Gasteiger charge is -2.24. The summed E-state index contributed by atoms with van der Waals surface area (Å²) >= 11 is 0. The molecule has 1 fully saturated rings. The van der Waals surface area contributed by atoms with Crippen LogP contribution < -0.4 is 15.4 Å². The van der Waals surface area contributed by atoms with E-state index in [0.29, 0.717) is 22.6 Å². The largest absolute Gasteiger partial charge is 0.438 e. The molecule has 1 aliphatic heterocycles. The van der Waals surface area contributed by atoms with Crippen LogP contribution in [0.1, 0.15) is 46.3 Å². The zero-order valence-electron chi connectivity index (χ0n) is 24.5. The number of anilines is 2. The monoisotopic (exact) mass is 609 g/mol. The molecule has 1 amide bonds. The summed E-state index contributed by atoms with van der Waals surface area (Å²) in [6.07, 6.45) is -0.943. The number of nitrogens with one attached hydrogen (secondary N) is 2. The lowest BCUT2D eigenvalue weighted by molar-refractivity contribution is -0.137. The van der Waals surface area contributed by atoms with Gasteiger partial charge in [0.15, 0.2) is 5.82 Å². The number of pyridine rings is 1. The molecule has 13 heteroatoms. The minimum absolute atomic E-state index is 0.0171. The first kappa shape index (κ1) is 30.8. The van der Waals surface area contributed by atoms with Gasteiger partial charge >= 0.3 is 6.18 Å².